The molecule has 0 amide bonds. The standard InChI is InChI=1S/C12H17N/c1-4-10-8-13(3)11-7-5-6-9(2)12(10)11/h5,7-9H,4,6H2,1-3H3. The zero-order valence-electron chi connectivity index (χ0n) is 8.67. The van der Waals surface area contributed by atoms with E-state index >= 15 is 0 Å². The molecule has 1 nitrogen and oxygen atoms in total. The van der Waals surface area contributed by atoms with Gasteiger partial charge in [-0.25, -0.2) is 0 Å². The Bertz CT molecular complexity index is 344. The average Bonchev–Trinajstić information content (AvgIpc) is 2.45. The monoisotopic (exact) mass is 175 g/mol. The molecule has 0 fully saturated rings. The van der Waals surface area contributed by atoms with E-state index < -0.39 is 0 Å². The van der Waals surface area contributed by atoms with Crippen molar-refractivity contribution < 1.29 is 0 Å². The van der Waals surface area contributed by atoms with Crippen molar-refractivity contribution in [2.24, 2.45) is 7.05 Å². The van der Waals surface area contributed by atoms with Gasteiger partial charge in [0.25, 0.3) is 0 Å². The van der Waals surface area contributed by atoms with Gasteiger partial charge in [-0.05, 0) is 36.0 Å². The van der Waals surface area contributed by atoms with Crippen LogP contribution in [-0.2, 0) is 13.5 Å². The second kappa shape index (κ2) is 3.06. The molecule has 2 rings (SSSR count). The highest BCUT2D eigenvalue weighted by atomic mass is 14.9. The van der Waals surface area contributed by atoms with Gasteiger partial charge in [-0.3, -0.25) is 0 Å². The Kier molecular flexibility index (Phi) is 2.03. The van der Waals surface area contributed by atoms with Crippen LogP contribution in [0.2, 0.25) is 0 Å². The summed E-state index contributed by atoms with van der Waals surface area (Å²) < 4.78 is 2.25. The summed E-state index contributed by atoms with van der Waals surface area (Å²) in [6, 6.07) is 0. The molecule has 0 aromatic carbocycles. The number of hydrogen-bond acceptors (Lipinski definition) is 0. The molecule has 1 aromatic heterocycles. The molecule has 0 saturated carbocycles. The lowest BCUT2D eigenvalue weighted by Crippen LogP contribution is -2.02. The summed E-state index contributed by atoms with van der Waals surface area (Å²) in [6.45, 7) is 4.56. The summed E-state index contributed by atoms with van der Waals surface area (Å²) in [6.07, 6.45) is 9.17. The Hall–Kier alpha value is -0.980. The minimum Gasteiger partial charge on any atom is -0.351 e. The first-order valence-corrected chi connectivity index (χ1v) is 5.08. The molecule has 0 radical (unpaired) electrons. The fourth-order valence-electron chi connectivity index (χ4n) is 2.29. The number of nitrogens with zero attached hydrogens (tertiary/aromatic N) is 1. The summed E-state index contributed by atoms with van der Waals surface area (Å²) in [5.41, 5.74) is 4.51. The minimum atomic E-state index is 0.705. The zero-order chi connectivity index (χ0) is 9.42. The predicted octanol–water partition coefficient (Wildman–Crippen LogP) is 3.11. The van der Waals surface area contributed by atoms with E-state index in [-0.39, 0.29) is 0 Å². The van der Waals surface area contributed by atoms with Crippen molar-refractivity contribution in [2.75, 3.05) is 0 Å². The second-order valence-electron chi connectivity index (χ2n) is 3.96. The molecule has 0 bridgehead atoms. The molecule has 1 aliphatic rings. The van der Waals surface area contributed by atoms with E-state index in [0.717, 1.165) is 6.42 Å². The predicted molar refractivity (Wildman–Crippen MR) is 56.9 cm³/mol. The first-order valence-electron chi connectivity index (χ1n) is 5.08. The van der Waals surface area contributed by atoms with Crippen LogP contribution in [-0.4, -0.2) is 4.57 Å². The second-order valence-corrected chi connectivity index (χ2v) is 3.96. The van der Waals surface area contributed by atoms with Crippen molar-refractivity contribution in [3.63, 3.8) is 0 Å². The highest BCUT2D eigenvalue weighted by Crippen LogP contribution is 2.33. The van der Waals surface area contributed by atoms with Crippen LogP contribution in [0.5, 0.6) is 0 Å². The van der Waals surface area contributed by atoms with E-state index in [4.69, 9.17) is 0 Å². The molecule has 1 aromatic rings. The fraction of sp³-hybridized carbons (Fsp3) is 0.500. The van der Waals surface area contributed by atoms with Crippen LogP contribution < -0.4 is 0 Å². The van der Waals surface area contributed by atoms with E-state index in [1.807, 2.05) is 0 Å². The molecule has 13 heavy (non-hydrogen) atoms. The van der Waals surface area contributed by atoms with Gasteiger partial charge in [0.15, 0.2) is 0 Å². The van der Waals surface area contributed by atoms with E-state index in [0.29, 0.717) is 5.92 Å². The number of aromatic nitrogens is 1. The van der Waals surface area contributed by atoms with E-state index in [9.17, 15) is 0 Å². The third-order valence-electron chi connectivity index (χ3n) is 2.99. The van der Waals surface area contributed by atoms with E-state index in [1.165, 1.54) is 17.7 Å². The largest absolute Gasteiger partial charge is 0.351 e. The first kappa shape index (κ1) is 8.61. The van der Waals surface area contributed by atoms with Crippen LogP contribution in [0, 0.1) is 0 Å². The molecule has 1 heterocycles. The lowest BCUT2D eigenvalue weighted by molar-refractivity contribution is 0.753. The van der Waals surface area contributed by atoms with Gasteiger partial charge < -0.3 is 4.57 Å². The van der Waals surface area contributed by atoms with Crippen molar-refractivity contribution in [1.29, 1.82) is 0 Å². The Labute approximate surface area is 80.1 Å². The minimum absolute atomic E-state index is 0.705. The molecule has 1 atom stereocenters. The molecular weight excluding hydrogens is 158 g/mol. The number of hydrogen-bond donors (Lipinski definition) is 0. The van der Waals surface area contributed by atoms with Crippen LogP contribution in [0.1, 0.15) is 43.0 Å². The Morgan fingerprint density at radius 2 is 2.31 bits per heavy atom. The molecule has 0 spiro atoms. The van der Waals surface area contributed by atoms with Gasteiger partial charge in [0.2, 0.25) is 0 Å². The maximum absolute atomic E-state index is 2.32. The van der Waals surface area contributed by atoms with Gasteiger partial charge in [0.05, 0.1) is 0 Å². The Balaban J connectivity index is 2.59. The third kappa shape index (κ3) is 1.23. The summed E-state index contributed by atoms with van der Waals surface area (Å²) in [5.74, 6) is 0.705. The van der Waals surface area contributed by atoms with E-state index in [1.54, 1.807) is 5.56 Å². The van der Waals surface area contributed by atoms with Gasteiger partial charge in [-0.15, -0.1) is 0 Å². The van der Waals surface area contributed by atoms with Gasteiger partial charge in [-0.2, -0.15) is 0 Å². The number of allylic oxidation sites excluding steroid dienone is 1. The lowest BCUT2D eigenvalue weighted by Gasteiger charge is -2.16. The quantitative estimate of drug-likeness (QED) is 0.618. The average molecular weight is 175 g/mol. The van der Waals surface area contributed by atoms with Crippen molar-refractivity contribution >= 4 is 6.08 Å². The molecule has 1 unspecified atom stereocenters. The van der Waals surface area contributed by atoms with E-state index in [2.05, 4.69) is 43.8 Å². The molecule has 1 heteroatoms. The van der Waals surface area contributed by atoms with Crippen LogP contribution >= 0.6 is 0 Å². The molecular formula is C12H17N. The third-order valence-corrected chi connectivity index (χ3v) is 2.99. The first-order chi connectivity index (χ1) is 6.24. The molecule has 1 aliphatic carbocycles. The number of fused-ring (bicyclic) bond motifs is 1. The molecule has 0 saturated heterocycles. The summed E-state index contributed by atoms with van der Waals surface area (Å²) in [5, 5.41) is 0. The van der Waals surface area contributed by atoms with Crippen LogP contribution in [0.4, 0.5) is 0 Å². The normalized spacial score (nSPS) is 20.4. The molecule has 70 valence electrons. The van der Waals surface area contributed by atoms with Gasteiger partial charge in [0, 0.05) is 18.9 Å². The highest BCUT2D eigenvalue weighted by molar-refractivity contribution is 5.57. The van der Waals surface area contributed by atoms with Crippen molar-refractivity contribution in [3.05, 3.63) is 29.1 Å². The summed E-state index contributed by atoms with van der Waals surface area (Å²) >= 11 is 0. The summed E-state index contributed by atoms with van der Waals surface area (Å²) in [7, 11) is 2.14. The highest BCUT2D eigenvalue weighted by Gasteiger charge is 2.18. The number of rotatable bonds is 1. The van der Waals surface area contributed by atoms with Crippen molar-refractivity contribution in [3.8, 4) is 0 Å². The zero-order valence-corrected chi connectivity index (χ0v) is 8.67. The smallest absolute Gasteiger partial charge is 0.0439 e. The number of aryl methyl sites for hydroxylation is 2. The lowest BCUT2D eigenvalue weighted by atomic mass is 9.89. The van der Waals surface area contributed by atoms with Crippen LogP contribution in [0.3, 0.4) is 0 Å². The SMILES string of the molecule is CCc1cn(C)c2c1C(C)CC=C2. The Morgan fingerprint density at radius 3 is 3.00 bits per heavy atom. The van der Waals surface area contributed by atoms with Crippen molar-refractivity contribution in [2.45, 2.75) is 32.6 Å². The molecule has 0 N–H and O–H groups in total. The maximum atomic E-state index is 2.32. The topological polar surface area (TPSA) is 4.93 Å². The fourth-order valence-corrected chi connectivity index (χ4v) is 2.29. The maximum Gasteiger partial charge on any atom is 0.0439 e. The van der Waals surface area contributed by atoms with Crippen LogP contribution in [0.25, 0.3) is 6.08 Å². The van der Waals surface area contributed by atoms with Gasteiger partial charge in [-0.1, -0.05) is 19.9 Å². The molecule has 0 aliphatic heterocycles. The van der Waals surface area contributed by atoms with Gasteiger partial charge in [0.1, 0.15) is 0 Å². The van der Waals surface area contributed by atoms with Crippen molar-refractivity contribution in [1.82, 2.24) is 4.57 Å². The Morgan fingerprint density at radius 1 is 1.54 bits per heavy atom. The van der Waals surface area contributed by atoms with Crippen LogP contribution in [0.15, 0.2) is 12.3 Å². The van der Waals surface area contributed by atoms with Gasteiger partial charge >= 0.3 is 0 Å². The summed E-state index contributed by atoms with van der Waals surface area (Å²) in [4.78, 5) is 0.